The predicted molar refractivity (Wildman–Crippen MR) is 124 cm³/mol. The Morgan fingerprint density at radius 3 is 2.24 bits per heavy atom. The summed E-state index contributed by atoms with van der Waals surface area (Å²) in [5.74, 6) is -2.45. The van der Waals surface area contributed by atoms with Crippen molar-refractivity contribution in [1.82, 2.24) is 4.90 Å². The normalized spacial score (nSPS) is 14.4. The van der Waals surface area contributed by atoms with Crippen molar-refractivity contribution < 1.29 is 28.7 Å². The van der Waals surface area contributed by atoms with Gasteiger partial charge in [0.25, 0.3) is 11.1 Å². The molecule has 0 spiro atoms. The molecule has 1 aliphatic rings. The van der Waals surface area contributed by atoms with E-state index in [1.165, 1.54) is 24.3 Å². The molecule has 2 aromatic carbocycles. The van der Waals surface area contributed by atoms with Gasteiger partial charge in [-0.3, -0.25) is 24.1 Å². The van der Waals surface area contributed by atoms with Crippen LogP contribution in [0.5, 0.6) is 0 Å². The Hall–Kier alpha value is -3.63. The van der Waals surface area contributed by atoms with E-state index in [4.69, 9.17) is 16.3 Å². The number of hydrogen-bond donors (Lipinski definition) is 2. The first kappa shape index (κ1) is 24.0. The zero-order valence-electron chi connectivity index (χ0n) is 17.3. The third-order valence-corrected chi connectivity index (χ3v) is 5.39. The van der Waals surface area contributed by atoms with E-state index in [-0.39, 0.29) is 11.5 Å². The van der Waals surface area contributed by atoms with Gasteiger partial charge in [-0.2, -0.15) is 0 Å². The molecule has 3 rings (SSSR count). The molecule has 2 N–H and O–H groups in total. The number of thioether (sulfide) groups is 1. The highest BCUT2D eigenvalue weighted by atomic mass is 35.5. The van der Waals surface area contributed by atoms with E-state index in [0.717, 1.165) is 11.0 Å². The average Bonchev–Trinajstić information content (AvgIpc) is 3.03. The van der Waals surface area contributed by atoms with Crippen LogP contribution in [0.3, 0.4) is 0 Å². The van der Waals surface area contributed by atoms with Crippen LogP contribution in [0.1, 0.15) is 17.3 Å². The lowest BCUT2D eigenvalue weighted by molar-refractivity contribution is -0.127. The van der Waals surface area contributed by atoms with Gasteiger partial charge in [-0.05, 0) is 67.2 Å². The van der Waals surface area contributed by atoms with Gasteiger partial charge in [-0.25, -0.2) is 4.79 Å². The van der Waals surface area contributed by atoms with Gasteiger partial charge < -0.3 is 15.4 Å². The zero-order valence-corrected chi connectivity index (χ0v) is 18.9. The number of halogens is 1. The molecule has 1 fully saturated rings. The number of carbonyl (C=O) groups excluding carboxylic acids is 5. The number of rotatable bonds is 7. The van der Waals surface area contributed by atoms with Crippen molar-refractivity contribution in [3.05, 3.63) is 70.1 Å². The SMILES string of the molecule is CCOC(=O)c1ccc(NC(=O)CN2C(=O)S/C(=C\C(=O)Nc3ccc(Cl)cc3)C2=O)cc1. The molecule has 1 aliphatic heterocycles. The Morgan fingerprint density at radius 2 is 1.61 bits per heavy atom. The van der Waals surface area contributed by atoms with E-state index in [1.807, 2.05) is 0 Å². The molecule has 0 radical (unpaired) electrons. The van der Waals surface area contributed by atoms with Gasteiger partial charge in [0.15, 0.2) is 0 Å². The molecule has 0 bridgehead atoms. The fraction of sp³-hybridized carbons (Fsp3) is 0.136. The van der Waals surface area contributed by atoms with E-state index < -0.39 is 35.5 Å². The summed E-state index contributed by atoms with van der Waals surface area (Å²) in [6, 6.07) is 12.3. The maximum Gasteiger partial charge on any atom is 0.338 e. The molecular formula is C22H18ClN3O6S. The third kappa shape index (κ3) is 6.43. The smallest absolute Gasteiger partial charge is 0.338 e. The molecule has 11 heteroatoms. The summed E-state index contributed by atoms with van der Waals surface area (Å²) >= 11 is 6.36. The van der Waals surface area contributed by atoms with Crippen LogP contribution in [0.25, 0.3) is 0 Å². The largest absolute Gasteiger partial charge is 0.462 e. The molecular weight excluding hydrogens is 470 g/mol. The van der Waals surface area contributed by atoms with Crippen molar-refractivity contribution in [2.75, 3.05) is 23.8 Å². The van der Waals surface area contributed by atoms with Crippen LogP contribution in [0.4, 0.5) is 16.2 Å². The van der Waals surface area contributed by atoms with Crippen molar-refractivity contribution >= 4 is 63.7 Å². The Balaban J connectivity index is 1.58. The minimum absolute atomic E-state index is 0.0990. The number of ether oxygens (including phenoxy) is 1. The van der Waals surface area contributed by atoms with Gasteiger partial charge in [-0.15, -0.1) is 0 Å². The number of nitrogens with zero attached hydrogens (tertiary/aromatic N) is 1. The lowest BCUT2D eigenvalue weighted by atomic mass is 10.2. The number of esters is 1. The number of benzene rings is 2. The fourth-order valence-electron chi connectivity index (χ4n) is 2.72. The number of imide groups is 1. The summed E-state index contributed by atoms with van der Waals surface area (Å²) in [5, 5.41) is 4.94. The molecule has 0 aliphatic carbocycles. The minimum Gasteiger partial charge on any atom is -0.462 e. The molecule has 0 unspecified atom stereocenters. The lowest BCUT2D eigenvalue weighted by Crippen LogP contribution is -2.36. The first-order valence-electron chi connectivity index (χ1n) is 9.65. The van der Waals surface area contributed by atoms with Gasteiger partial charge in [0, 0.05) is 22.5 Å². The highest BCUT2D eigenvalue weighted by molar-refractivity contribution is 8.18. The summed E-state index contributed by atoms with van der Waals surface area (Å²) < 4.78 is 4.89. The standard InChI is InChI=1S/C22H18ClN3O6S/c1-2-32-21(30)13-3-7-15(8-4-13)25-19(28)12-26-20(29)17(33-22(26)31)11-18(27)24-16-9-5-14(23)6-10-16/h3-11H,2,12H2,1H3,(H,24,27)(H,25,28)/b17-11-. The zero-order chi connectivity index (χ0) is 24.0. The number of nitrogens with one attached hydrogen (secondary N) is 2. The monoisotopic (exact) mass is 487 g/mol. The molecule has 2 aromatic rings. The quantitative estimate of drug-likeness (QED) is 0.451. The maximum absolute atomic E-state index is 12.5. The van der Waals surface area contributed by atoms with Crippen LogP contribution < -0.4 is 10.6 Å². The van der Waals surface area contributed by atoms with Gasteiger partial charge in [0.1, 0.15) is 6.54 Å². The van der Waals surface area contributed by atoms with Gasteiger partial charge in [0.05, 0.1) is 17.1 Å². The van der Waals surface area contributed by atoms with Crippen molar-refractivity contribution in [1.29, 1.82) is 0 Å². The highest BCUT2D eigenvalue weighted by Crippen LogP contribution is 2.30. The topological polar surface area (TPSA) is 122 Å². The minimum atomic E-state index is -0.746. The lowest BCUT2D eigenvalue weighted by Gasteiger charge is -2.12. The Bertz CT molecular complexity index is 1130. The summed E-state index contributed by atoms with van der Waals surface area (Å²) in [4.78, 5) is 61.5. The van der Waals surface area contributed by atoms with E-state index in [0.29, 0.717) is 33.7 Å². The molecule has 9 nitrogen and oxygen atoms in total. The van der Waals surface area contributed by atoms with Crippen LogP contribution in [-0.4, -0.2) is 47.0 Å². The van der Waals surface area contributed by atoms with Crippen LogP contribution in [0, 0.1) is 0 Å². The first-order chi connectivity index (χ1) is 15.8. The van der Waals surface area contributed by atoms with Gasteiger partial charge >= 0.3 is 5.97 Å². The number of carbonyl (C=O) groups is 5. The van der Waals surface area contributed by atoms with E-state index in [1.54, 1.807) is 31.2 Å². The van der Waals surface area contributed by atoms with Crippen molar-refractivity contribution in [3.8, 4) is 0 Å². The van der Waals surface area contributed by atoms with Crippen molar-refractivity contribution in [2.24, 2.45) is 0 Å². The molecule has 1 saturated heterocycles. The average molecular weight is 488 g/mol. The van der Waals surface area contributed by atoms with Crippen molar-refractivity contribution in [3.63, 3.8) is 0 Å². The second-order valence-electron chi connectivity index (χ2n) is 6.61. The van der Waals surface area contributed by atoms with E-state index in [2.05, 4.69) is 10.6 Å². The summed E-state index contributed by atoms with van der Waals surface area (Å²) in [6.45, 7) is 1.41. The second-order valence-corrected chi connectivity index (χ2v) is 8.04. The molecule has 0 aromatic heterocycles. The van der Waals surface area contributed by atoms with Crippen LogP contribution >= 0.6 is 23.4 Å². The molecule has 33 heavy (non-hydrogen) atoms. The summed E-state index contributed by atoms with van der Waals surface area (Å²) in [7, 11) is 0. The molecule has 0 atom stereocenters. The fourth-order valence-corrected chi connectivity index (χ4v) is 3.65. The van der Waals surface area contributed by atoms with E-state index >= 15 is 0 Å². The second kappa shape index (κ2) is 10.8. The number of hydrogen-bond acceptors (Lipinski definition) is 7. The molecule has 0 saturated carbocycles. The Labute approximate surface area is 198 Å². The molecule has 1 heterocycles. The summed E-state index contributed by atoms with van der Waals surface area (Å²) in [6.07, 6.45) is 1.01. The maximum atomic E-state index is 12.5. The third-order valence-electron chi connectivity index (χ3n) is 4.23. The molecule has 170 valence electrons. The van der Waals surface area contributed by atoms with Crippen molar-refractivity contribution in [2.45, 2.75) is 6.92 Å². The Kier molecular flexibility index (Phi) is 7.86. The van der Waals surface area contributed by atoms with Crippen LogP contribution in [-0.2, 0) is 19.1 Å². The predicted octanol–water partition coefficient (Wildman–Crippen LogP) is 3.67. The van der Waals surface area contributed by atoms with E-state index in [9.17, 15) is 24.0 Å². The Morgan fingerprint density at radius 1 is 1.00 bits per heavy atom. The number of amides is 4. The number of anilines is 2. The first-order valence-corrected chi connectivity index (χ1v) is 10.8. The summed E-state index contributed by atoms with van der Waals surface area (Å²) in [5.41, 5.74) is 1.16. The van der Waals surface area contributed by atoms with Crippen LogP contribution in [0.15, 0.2) is 59.5 Å². The van der Waals surface area contributed by atoms with Crippen LogP contribution in [0.2, 0.25) is 5.02 Å². The highest BCUT2D eigenvalue weighted by Gasteiger charge is 2.36. The van der Waals surface area contributed by atoms with Gasteiger partial charge in [0.2, 0.25) is 11.8 Å². The van der Waals surface area contributed by atoms with Gasteiger partial charge in [-0.1, -0.05) is 11.6 Å². The molecule has 4 amide bonds.